The molecule has 0 aromatic carbocycles. The third-order valence-corrected chi connectivity index (χ3v) is 3.74. The van der Waals surface area contributed by atoms with Crippen LogP contribution in [-0.2, 0) is 7.05 Å². The van der Waals surface area contributed by atoms with Gasteiger partial charge in [0.05, 0.1) is 0 Å². The summed E-state index contributed by atoms with van der Waals surface area (Å²) in [6.07, 6.45) is 2.91. The van der Waals surface area contributed by atoms with E-state index >= 15 is 0 Å². The van der Waals surface area contributed by atoms with Crippen LogP contribution >= 0.6 is 11.8 Å². The largest absolute Gasteiger partial charge is 0.313 e. The first-order chi connectivity index (χ1) is 7.15. The number of rotatable bonds is 6. The molecule has 0 saturated heterocycles. The topological polar surface area (TPSA) is 42.7 Å². The average molecular weight is 228 g/mol. The van der Waals surface area contributed by atoms with Crippen molar-refractivity contribution in [3.8, 4) is 0 Å². The maximum absolute atomic E-state index is 4.07. The summed E-state index contributed by atoms with van der Waals surface area (Å²) in [6, 6.07) is 0.492. The molecular weight excluding hydrogens is 208 g/mol. The second-order valence-electron chi connectivity index (χ2n) is 3.79. The summed E-state index contributed by atoms with van der Waals surface area (Å²) in [7, 11) is 1.97. The minimum absolute atomic E-state index is 0.492. The molecule has 0 saturated carbocycles. The zero-order chi connectivity index (χ0) is 11.3. The van der Waals surface area contributed by atoms with E-state index in [1.807, 2.05) is 11.6 Å². The lowest BCUT2D eigenvalue weighted by atomic mass is 10.2. The highest BCUT2D eigenvalue weighted by atomic mass is 32.2. The molecule has 86 valence electrons. The molecule has 2 atom stereocenters. The van der Waals surface area contributed by atoms with E-state index < -0.39 is 0 Å². The van der Waals surface area contributed by atoms with Gasteiger partial charge >= 0.3 is 0 Å². The fourth-order valence-corrected chi connectivity index (χ4v) is 2.13. The molecule has 1 rings (SSSR count). The van der Waals surface area contributed by atoms with E-state index in [1.165, 1.54) is 6.42 Å². The summed E-state index contributed by atoms with van der Waals surface area (Å²) >= 11 is 1.76. The highest BCUT2D eigenvalue weighted by Crippen LogP contribution is 2.22. The molecule has 0 bridgehead atoms. The maximum atomic E-state index is 4.07. The van der Waals surface area contributed by atoms with Crippen LogP contribution < -0.4 is 5.32 Å². The number of aryl methyl sites for hydroxylation is 1. The Hall–Kier alpha value is -0.550. The monoisotopic (exact) mass is 228 g/mol. The van der Waals surface area contributed by atoms with Crippen molar-refractivity contribution in [1.82, 2.24) is 20.1 Å². The molecule has 1 aromatic heterocycles. The molecule has 0 amide bonds. The number of nitrogens with one attached hydrogen (secondary N) is 1. The summed E-state index contributed by atoms with van der Waals surface area (Å²) in [5, 5.41) is 12.9. The van der Waals surface area contributed by atoms with E-state index in [9.17, 15) is 0 Å². The highest BCUT2D eigenvalue weighted by molar-refractivity contribution is 7.99. The van der Waals surface area contributed by atoms with E-state index in [-0.39, 0.29) is 0 Å². The third kappa shape index (κ3) is 3.83. The molecule has 5 heteroatoms. The van der Waals surface area contributed by atoms with Crippen molar-refractivity contribution in [2.24, 2.45) is 7.05 Å². The molecule has 0 spiro atoms. The highest BCUT2D eigenvalue weighted by Gasteiger charge is 2.15. The normalized spacial score (nSPS) is 15.2. The van der Waals surface area contributed by atoms with Crippen molar-refractivity contribution in [1.29, 1.82) is 0 Å². The fourth-order valence-electron chi connectivity index (χ4n) is 1.19. The minimum atomic E-state index is 0.492. The molecule has 2 unspecified atom stereocenters. The number of nitrogens with zero attached hydrogens (tertiary/aromatic N) is 3. The lowest BCUT2D eigenvalue weighted by molar-refractivity contribution is 0.541. The van der Waals surface area contributed by atoms with Crippen LogP contribution in [0.15, 0.2) is 11.5 Å². The summed E-state index contributed by atoms with van der Waals surface area (Å²) in [6.45, 7) is 7.68. The first kappa shape index (κ1) is 12.5. The summed E-state index contributed by atoms with van der Waals surface area (Å²) in [4.78, 5) is 0. The SMILES string of the molecule is CCCNC(C)C(C)Sc1nncn1C. The number of aromatic nitrogens is 3. The van der Waals surface area contributed by atoms with Gasteiger partial charge in [0.25, 0.3) is 0 Å². The average Bonchev–Trinajstić information content (AvgIpc) is 2.61. The van der Waals surface area contributed by atoms with Crippen molar-refractivity contribution in [2.75, 3.05) is 6.54 Å². The van der Waals surface area contributed by atoms with Gasteiger partial charge in [0.15, 0.2) is 5.16 Å². The van der Waals surface area contributed by atoms with E-state index in [2.05, 4.69) is 36.3 Å². The van der Waals surface area contributed by atoms with Crippen LogP contribution in [0.3, 0.4) is 0 Å². The van der Waals surface area contributed by atoms with Crippen LogP contribution in [0.4, 0.5) is 0 Å². The van der Waals surface area contributed by atoms with Gasteiger partial charge in [-0.3, -0.25) is 0 Å². The Morgan fingerprint density at radius 1 is 1.53 bits per heavy atom. The van der Waals surface area contributed by atoms with Crippen molar-refractivity contribution in [3.63, 3.8) is 0 Å². The fraction of sp³-hybridized carbons (Fsp3) is 0.800. The maximum Gasteiger partial charge on any atom is 0.191 e. The van der Waals surface area contributed by atoms with Gasteiger partial charge in [-0.1, -0.05) is 25.6 Å². The van der Waals surface area contributed by atoms with Crippen LogP contribution in [0.25, 0.3) is 0 Å². The Morgan fingerprint density at radius 2 is 2.27 bits per heavy atom. The lowest BCUT2D eigenvalue weighted by Crippen LogP contribution is -2.34. The molecule has 15 heavy (non-hydrogen) atoms. The smallest absolute Gasteiger partial charge is 0.191 e. The number of hydrogen-bond donors (Lipinski definition) is 1. The molecule has 0 aliphatic rings. The minimum Gasteiger partial charge on any atom is -0.313 e. The molecule has 0 aliphatic heterocycles. The molecule has 0 aliphatic carbocycles. The zero-order valence-corrected chi connectivity index (χ0v) is 10.7. The Morgan fingerprint density at radius 3 is 2.80 bits per heavy atom. The van der Waals surface area contributed by atoms with Crippen molar-refractivity contribution in [3.05, 3.63) is 6.33 Å². The quantitative estimate of drug-likeness (QED) is 0.752. The first-order valence-corrected chi connectivity index (χ1v) is 6.27. The van der Waals surface area contributed by atoms with E-state index in [0.29, 0.717) is 11.3 Å². The van der Waals surface area contributed by atoms with E-state index in [1.54, 1.807) is 18.1 Å². The van der Waals surface area contributed by atoms with Crippen LogP contribution in [-0.4, -0.2) is 32.6 Å². The Balaban J connectivity index is 2.41. The van der Waals surface area contributed by atoms with Crippen molar-refractivity contribution < 1.29 is 0 Å². The van der Waals surface area contributed by atoms with Crippen molar-refractivity contribution >= 4 is 11.8 Å². The summed E-state index contributed by atoms with van der Waals surface area (Å²) in [5.74, 6) is 0. The molecular formula is C10H20N4S. The molecule has 0 radical (unpaired) electrons. The van der Waals surface area contributed by atoms with E-state index in [0.717, 1.165) is 11.7 Å². The van der Waals surface area contributed by atoms with Gasteiger partial charge in [-0.15, -0.1) is 10.2 Å². The van der Waals surface area contributed by atoms with Gasteiger partial charge < -0.3 is 9.88 Å². The van der Waals surface area contributed by atoms with Gasteiger partial charge in [-0.25, -0.2) is 0 Å². The van der Waals surface area contributed by atoms with E-state index in [4.69, 9.17) is 0 Å². The third-order valence-electron chi connectivity index (χ3n) is 2.38. The van der Waals surface area contributed by atoms with Gasteiger partial charge in [0.2, 0.25) is 0 Å². The van der Waals surface area contributed by atoms with Gasteiger partial charge in [0, 0.05) is 18.3 Å². The van der Waals surface area contributed by atoms with Crippen molar-refractivity contribution in [2.45, 2.75) is 43.6 Å². The standard InChI is InChI=1S/C10H20N4S/c1-5-6-11-8(2)9(3)15-10-13-12-7-14(10)4/h7-9,11H,5-6H2,1-4H3. The summed E-state index contributed by atoms with van der Waals surface area (Å²) < 4.78 is 1.95. The lowest BCUT2D eigenvalue weighted by Gasteiger charge is -2.19. The van der Waals surface area contributed by atoms with Gasteiger partial charge in [-0.2, -0.15) is 0 Å². The molecule has 1 N–H and O–H groups in total. The molecule has 1 aromatic rings. The zero-order valence-electron chi connectivity index (χ0n) is 9.90. The Bertz CT molecular complexity index is 287. The number of thioether (sulfide) groups is 1. The van der Waals surface area contributed by atoms with Crippen LogP contribution in [0.5, 0.6) is 0 Å². The number of hydrogen-bond acceptors (Lipinski definition) is 4. The Kier molecular flexibility index (Phi) is 5.11. The Labute approximate surface area is 95.9 Å². The molecule has 0 fully saturated rings. The van der Waals surface area contributed by atoms with Crippen LogP contribution in [0.2, 0.25) is 0 Å². The summed E-state index contributed by atoms with van der Waals surface area (Å²) in [5.41, 5.74) is 0. The molecule has 1 heterocycles. The second kappa shape index (κ2) is 6.12. The second-order valence-corrected chi connectivity index (χ2v) is 5.13. The predicted molar refractivity (Wildman–Crippen MR) is 64.1 cm³/mol. The van der Waals surface area contributed by atoms with Crippen LogP contribution in [0.1, 0.15) is 27.2 Å². The van der Waals surface area contributed by atoms with Gasteiger partial charge in [0.1, 0.15) is 6.33 Å². The predicted octanol–water partition coefficient (Wildman–Crippen LogP) is 1.68. The molecule has 4 nitrogen and oxygen atoms in total. The van der Waals surface area contributed by atoms with Crippen LogP contribution in [0, 0.1) is 0 Å². The first-order valence-electron chi connectivity index (χ1n) is 5.39. The van der Waals surface area contributed by atoms with Gasteiger partial charge in [-0.05, 0) is 19.9 Å².